The van der Waals surface area contributed by atoms with Gasteiger partial charge in [0.15, 0.2) is 0 Å². The van der Waals surface area contributed by atoms with Crippen molar-refractivity contribution in [2.24, 2.45) is 0 Å². The van der Waals surface area contributed by atoms with Crippen molar-refractivity contribution >= 4 is 58.1 Å². The number of rotatable bonds is 10. The zero-order valence-electron chi connectivity index (χ0n) is 23.3. The molecule has 11 heteroatoms. The summed E-state index contributed by atoms with van der Waals surface area (Å²) >= 11 is 7.05. The van der Waals surface area contributed by atoms with Gasteiger partial charge in [0.05, 0.1) is 32.7 Å². The first-order valence-electron chi connectivity index (χ1n) is 12.9. The number of hydrogen-bond donors (Lipinski definition) is 2. The van der Waals surface area contributed by atoms with E-state index in [1.54, 1.807) is 98.1 Å². The number of nitrogens with zero attached hydrogens (tertiary/aromatic N) is 1. The first-order chi connectivity index (χ1) is 20.8. The van der Waals surface area contributed by atoms with E-state index < -0.39 is 11.8 Å². The maximum Gasteiger partial charge on any atom is 0.283 e. The highest BCUT2D eigenvalue weighted by atomic mass is 35.5. The molecule has 5 rings (SSSR count). The quantitative estimate of drug-likeness (QED) is 0.192. The molecule has 0 atom stereocenters. The Bertz CT molecular complexity index is 1710. The number of anilines is 3. The highest BCUT2D eigenvalue weighted by molar-refractivity contribution is 8.04. The van der Waals surface area contributed by atoms with E-state index in [0.717, 1.165) is 16.7 Å². The molecule has 4 aromatic rings. The van der Waals surface area contributed by atoms with Crippen LogP contribution in [0, 0.1) is 0 Å². The summed E-state index contributed by atoms with van der Waals surface area (Å²) in [6, 6.07) is 25.3. The Balaban J connectivity index is 1.44. The lowest BCUT2D eigenvalue weighted by Crippen LogP contribution is -2.32. The second kappa shape index (κ2) is 12.9. The number of benzene rings is 4. The first-order valence-corrected chi connectivity index (χ1v) is 14.1. The van der Waals surface area contributed by atoms with Gasteiger partial charge in [0.2, 0.25) is 0 Å². The van der Waals surface area contributed by atoms with Crippen molar-refractivity contribution < 1.29 is 28.6 Å². The molecule has 1 aliphatic rings. The summed E-state index contributed by atoms with van der Waals surface area (Å²) in [4.78, 5) is 42.1. The van der Waals surface area contributed by atoms with Crippen molar-refractivity contribution in [3.05, 3.63) is 112 Å². The molecule has 0 aromatic heterocycles. The molecule has 0 saturated carbocycles. The van der Waals surface area contributed by atoms with E-state index in [-0.39, 0.29) is 16.5 Å². The van der Waals surface area contributed by atoms with Gasteiger partial charge >= 0.3 is 0 Å². The Labute approximate surface area is 257 Å². The summed E-state index contributed by atoms with van der Waals surface area (Å²) in [5, 5.41) is 6.49. The number of hydrogen-bond acceptors (Lipinski definition) is 8. The Hall–Kier alpha value is -4.93. The lowest BCUT2D eigenvalue weighted by atomic mass is 10.2. The Morgan fingerprint density at radius 2 is 1.42 bits per heavy atom. The lowest BCUT2D eigenvalue weighted by Gasteiger charge is -2.16. The maximum absolute atomic E-state index is 13.8. The molecule has 2 N–H and O–H groups in total. The predicted octanol–water partition coefficient (Wildman–Crippen LogP) is 6.61. The second-order valence-corrected chi connectivity index (χ2v) is 10.6. The molecule has 218 valence electrons. The third kappa shape index (κ3) is 6.45. The zero-order chi connectivity index (χ0) is 30.5. The van der Waals surface area contributed by atoms with Gasteiger partial charge in [0.25, 0.3) is 17.7 Å². The van der Waals surface area contributed by atoms with Crippen LogP contribution in [-0.2, 0) is 9.59 Å². The third-order valence-electron chi connectivity index (χ3n) is 6.48. The summed E-state index contributed by atoms with van der Waals surface area (Å²) in [5.41, 5.74) is 2.00. The number of thioether (sulfide) groups is 1. The number of nitrogens with one attached hydrogen (secondary N) is 2. The van der Waals surface area contributed by atoms with Crippen molar-refractivity contribution in [1.82, 2.24) is 0 Å². The van der Waals surface area contributed by atoms with Crippen LogP contribution >= 0.6 is 23.4 Å². The molecule has 0 unspecified atom stereocenters. The summed E-state index contributed by atoms with van der Waals surface area (Å²) in [7, 11) is 4.58. The molecule has 0 radical (unpaired) electrons. The number of imide groups is 1. The predicted molar refractivity (Wildman–Crippen MR) is 167 cm³/mol. The van der Waals surface area contributed by atoms with Gasteiger partial charge in [-0.2, -0.15) is 0 Å². The molecule has 3 amide bonds. The minimum Gasteiger partial charge on any atom is -0.497 e. The molecule has 43 heavy (non-hydrogen) atoms. The molecule has 0 saturated heterocycles. The summed E-state index contributed by atoms with van der Waals surface area (Å²) in [6.07, 6.45) is 0. The average molecular weight is 616 g/mol. The molecule has 0 aliphatic carbocycles. The number of halogens is 1. The Morgan fingerprint density at radius 3 is 2.05 bits per heavy atom. The van der Waals surface area contributed by atoms with E-state index in [2.05, 4.69) is 10.6 Å². The molecule has 1 aliphatic heterocycles. The fraction of sp³-hybridized carbons (Fsp3) is 0.0938. The van der Waals surface area contributed by atoms with Crippen molar-refractivity contribution in [3.63, 3.8) is 0 Å². The van der Waals surface area contributed by atoms with Crippen LogP contribution in [0.2, 0.25) is 5.02 Å². The normalized spacial score (nSPS) is 12.8. The van der Waals surface area contributed by atoms with Crippen LogP contribution in [0.4, 0.5) is 17.1 Å². The Morgan fingerprint density at radius 1 is 0.767 bits per heavy atom. The lowest BCUT2D eigenvalue weighted by molar-refractivity contribution is -0.120. The maximum atomic E-state index is 13.8. The van der Waals surface area contributed by atoms with Crippen LogP contribution < -0.4 is 29.7 Å². The number of methoxy groups -OCH3 is 3. The van der Waals surface area contributed by atoms with Crippen LogP contribution in [0.1, 0.15) is 10.4 Å². The van der Waals surface area contributed by atoms with Crippen LogP contribution in [0.25, 0.3) is 0 Å². The standard InChI is InChI=1S/C32H26ClN3O6S/c1-40-23-12-10-22(11-13-23)36-31(38)28(35-26-17-14-24(41-2)18-27(26)42-3)29(32(36)39)43-25-15-8-21(9-16-25)34-30(37)19-4-6-20(33)7-5-19/h4-18,35H,1-3H3,(H,34,37). The minimum atomic E-state index is -0.526. The van der Waals surface area contributed by atoms with E-state index >= 15 is 0 Å². The van der Waals surface area contributed by atoms with Crippen molar-refractivity contribution in [2.45, 2.75) is 4.90 Å². The van der Waals surface area contributed by atoms with Crippen molar-refractivity contribution in [1.29, 1.82) is 0 Å². The SMILES string of the molecule is COc1ccc(N2C(=O)C(Nc3ccc(OC)cc3OC)=C(Sc3ccc(NC(=O)c4ccc(Cl)cc4)cc3)C2=O)cc1. The Kier molecular flexibility index (Phi) is 8.89. The summed E-state index contributed by atoms with van der Waals surface area (Å²) in [5.74, 6) is 0.294. The third-order valence-corrected chi connectivity index (χ3v) is 7.82. The average Bonchev–Trinajstić information content (AvgIpc) is 3.26. The van der Waals surface area contributed by atoms with Crippen molar-refractivity contribution in [2.75, 3.05) is 36.9 Å². The topological polar surface area (TPSA) is 106 Å². The van der Waals surface area contributed by atoms with Gasteiger partial charge in [0, 0.05) is 27.2 Å². The van der Waals surface area contributed by atoms with E-state index in [1.807, 2.05) is 0 Å². The van der Waals surface area contributed by atoms with Crippen LogP contribution in [-0.4, -0.2) is 39.1 Å². The van der Waals surface area contributed by atoms with E-state index in [4.69, 9.17) is 25.8 Å². The largest absolute Gasteiger partial charge is 0.497 e. The molecule has 0 bridgehead atoms. The fourth-order valence-electron chi connectivity index (χ4n) is 4.25. The summed E-state index contributed by atoms with van der Waals surface area (Å²) in [6.45, 7) is 0. The van der Waals surface area contributed by atoms with E-state index in [9.17, 15) is 14.4 Å². The second-order valence-electron chi connectivity index (χ2n) is 9.13. The monoisotopic (exact) mass is 615 g/mol. The molecular formula is C32H26ClN3O6S. The highest BCUT2D eigenvalue weighted by Gasteiger charge is 2.40. The van der Waals surface area contributed by atoms with Crippen LogP contribution in [0.5, 0.6) is 17.2 Å². The summed E-state index contributed by atoms with van der Waals surface area (Å²) < 4.78 is 16.0. The smallest absolute Gasteiger partial charge is 0.283 e. The van der Waals surface area contributed by atoms with E-state index in [1.165, 1.54) is 14.2 Å². The van der Waals surface area contributed by atoms with Gasteiger partial charge in [-0.1, -0.05) is 23.4 Å². The van der Waals surface area contributed by atoms with Crippen LogP contribution in [0.15, 0.2) is 106 Å². The molecule has 1 heterocycles. The molecule has 0 spiro atoms. The minimum absolute atomic E-state index is 0.0920. The van der Waals surface area contributed by atoms with Gasteiger partial charge in [-0.05, 0) is 84.9 Å². The van der Waals surface area contributed by atoms with E-state index in [0.29, 0.717) is 49.8 Å². The molecular weight excluding hydrogens is 590 g/mol. The van der Waals surface area contributed by atoms with Crippen LogP contribution in [0.3, 0.4) is 0 Å². The first kappa shape index (κ1) is 29.6. The molecule has 9 nitrogen and oxygen atoms in total. The molecule has 4 aromatic carbocycles. The number of ether oxygens (including phenoxy) is 3. The number of amides is 3. The van der Waals surface area contributed by atoms with Gasteiger partial charge in [-0.3, -0.25) is 14.4 Å². The van der Waals surface area contributed by atoms with Crippen molar-refractivity contribution in [3.8, 4) is 17.2 Å². The number of carbonyl (C=O) groups excluding carboxylic acids is 3. The van der Waals surface area contributed by atoms with Gasteiger partial charge < -0.3 is 24.8 Å². The number of carbonyl (C=O) groups is 3. The fourth-order valence-corrected chi connectivity index (χ4v) is 5.30. The van der Waals surface area contributed by atoms with Gasteiger partial charge in [-0.25, -0.2) is 4.90 Å². The molecule has 0 fully saturated rings. The highest BCUT2D eigenvalue weighted by Crippen LogP contribution is 2.40. The zero-order valence-corrected chi connectivity index (χ0v) is 24.9. The van der Waals surface area contributed by atoms with Gasteiger partial charge in [0.1, 0.15) is 27.9 Å². The van der Waals surface area contributed by atoms with Gasteiger partial charge in [-0.15, -0.1) is 0 Å².